The van der Waals surface area contributed by atoms with Gasteiger partial charge in [0, 0.05) is 0 Å². The first-order valence-corrected chi connectivity index (χ1v) is 6.57. The lowest BCUT2D eigenvalue weighted by Crippen LogP contribution is -2.43. The van der Waals surface area contributed by atoms with Gasteiger partial charge in [-0.1, -0.05) is 0 Å². The van der Waals surface area contributed by atoms with E-state index in [4.69, 9.17) is 4.74 Å². The molecule has 0 radical (unpaired) electrons. The number of ether oxygens (including phenoxy) is 2. The first kappa shape index (κ1) is 19.7. The van der Waals surface area contributed by atoms with Gasteiger partial charge in [0.25, 0.3) is 0 Å². The summed E-state index contributed by atoms with van der Waals surface area (Å²) in [5, 5.41) is 1.99. The second-order valence-corrected chi connectivity index (χ2v) is 5.69. The highest BCUT2D eigenvalue weighted by Crippen LogP contribution is 2.29. The summed E-state index contributed by atoms with van der Waals surface area (Å²) in [5.74, 6) is -14.7. The molecule has 1 amide bonds. The smallest absolute Gasteiger partial charge is 0.408 e. The SMILES string of the molecule is C[C@H](NC(=O)OC(C)(C)C)C(=O)Oc1c(F)c(F)c(F)c(F)c1F. The van der Waals surface area contributed by atoms with Crippen LogP contribution < -0.4 is 10.1 Å². The topological polar surface area (TPSA) is 64.6 Å². The van der Waals surface area contributed by atoms with Crippen LogP contribution in [-0.4, -0.2) is 23.7 Å². The van der Waals surface area contributed by atoms with E-state index in [2.05, 4.69) is 4.74 Å². The second kappa shape index (κ2) is 7.02. The van der Waals surface area contributed by atoms with Crippen LogP contribution in [0.25, 0.3) is 0 Å². The zero-order chi connectivity index (χ0) is 18.8. The number of rotatable bonds is 3. The molecule has 24 heavy (non-hydrogen) atoms. The average Bonchev–Trinajstić information content (AvgIpc) is 2.45. The molecular formula is C14H14F5NO4. The summed E-state index contributed by atoms with van der Waals surface area (Å²) in [6, 6.07) is -1.48. The maximum absolute atomic E-state index is 13.4. The van der Waals surface area contributed by atoms with Crippen LogP contribution in [0.5, 0.6) is 5.75 Å². The predicted molar refractivity (Wildman–Crippen MR) is 70.7 cm³/mol. The number of esters is 1. The van der Waals surface area contributed by atoms with Crippen molar-refractivity contribution >= 4 is 12.1 Å². The van der Waals surface area contributed by atoms with E-state index in [1.165, 1.54) is 0 Å². The standard InChI is InChI=1S/C14H14F5NO4/c1-5(20-13(22)24-14(2,3)4)12(21)23-11-9(18)7(16)6(15)8(17)10(11)19/h5H,1-4H3,(H,20,22)/t5-/m0/s1. The normalized spacial score (nSPS) is 12.5. The van der Waals surface area contributed by atoms with E-state index in [0.717, 1.165) is 6.92 Å². The molecule has 0 aromatic heterocycles. The minimum atomic E-state index is -2.38. The van der Waals surface area contributed by atoms with Gasteiger partial charge >= 0.3 is 12.1 Å². The lowest BCUT2D eigenvalue weighted by atomic mass is 10.2. The number of hydrogen-bond donors (Lipinski definition) is 1. The third kappa shape index (κ3) is 4.56. The van der Waals surface area contributed by atoms with E-state index in [1.807, 2.05) is 5.32 Å². The van der Waals surface area contributed by atoms with Crippen LogP contribution in [0, 0.1) is 29.1 Å². The molecule has 0 spiro atoms. The fraction of sp³-hybridized carbons (Fsp3) is 0.429. The number of amides is 1. The van der Waals surface area contributed by atoms with Crippen molar-refractivity contribution in [3.05, 3.63) is 29.1 Å². The summed E-state index contributed by atoms with van der Waals surface area (Å²) in [6.45, 7) is 5.71. The number of carbonyl (C=O) groups excluding carboxylic acids is 2. The molecule has 0 bridgehead atoms. The minimum absolute atomic E-state index is 0.880. The van der Waals surface area contributed by atoms with Gasteiger partial charge in [-0.25, -0.2) is 22.8 Å². The van der Waals surface area contributed by atoms with Crippen LogP contribution in [0.3, 0.4) is 0 Å². The van der Waals surface area contributed by atoms with E-state index >= 15 is 0 Å². The van der Waals surface area contributed by atoms with Crippen molar-refractivity contribution in [3.63, 3.8) is 0 Å². The molecule has 1 aromatic rings. The molecule has 0 heterocycles. The summed E-state index contributed by atoms with van der Waals surface area (Å²) in [6.07, 6.45) is -1.04. The number of hydrogen-bond acceptors (Lipinski definition) is 4. The molecule has 1 rings (SSSR count). The van der Waals surface area contributed by atoms with Crippen molar-refractivity contribution in [2.45, 2.75) is 39.3 Å². The largest absolute Gasteiger partial charge is 0.444 e. The molecule has 0 unspecified atom stereocenters. The Balaban J connectivity index is 2.91. The van der Waals surface area contributed by atoms with Crippen LogP contribution >= 0.6 is 0 Å². The zero-order valence-corrected chi connectivity index (χ0v) is 13.1. The average molecular weight is 355 g/mol. The molecule has 0 fully saturated rings. The fourth-order valence-electron chi connectivity index (χ4n) is 1.41. The molecular weight excluding hydrogens is 341 g/mol. The molecule has 134 valence electrons. The van der Waals surface area contributed by atoms with Gasteiger partial charge in [-0.15, -0.1) is 0 Å². The van der Waals surface area contributed by atoms with E-state index in [-0.39, 0.29) is 0 Å². The van der Waals surface area contributed by atoms with E-state index in [1.54, 1.807) is 20.8 Å². The monoisotopic (exact) mass is 355 g/mol. The molecule has 10 heteroatoms. The number of benzene rings is 1. The predicted octanol–water partition coefficient (Wildman–Crippen LogP) is 3.20. The second-order valence-electron chi connectivity index (χ2n) is 5.69. The number of carbonyl (C=O) groups is 2. The van der Waals surface area contributed by atoms with Crippen LogP contribution in [0.4, 0.5) is 26.7 Å². The summed E-state index contributed by atoms with van der Waals surface area (Å²) in [4.78, 5) is 23.1. The van der Waals surface area contributed by atoms with Crippen molar-refractivity contribution < 1.29 is 41.0 Å². The lowest BCUT2D eigenvalue weighted by molar-refractivity contribution is -0.136. The van der Waals surface area contributed by atoms with Gasteiger partial charge in [0.2, 0.25) is 34.8 Å². The van der Waals surface area contributed by atoms with Gasteiger partial charge in [-0.3, -0.25) is 0 Å². The minimum Gasteiger partial charge on any atom is -0.444 e. The fourth-order valence-corrected chi connectivity index (χ4v) is 1.41. The third-order valence-corrected chi connectivity index (χ3v) is 2.46. The van der Waals surface area contributed by atoms with Crippen LogP contribution in [-0.2, 0) is 9.53 Å². The summed E-state index contributed by atoms with van der Waals surface area (Å²) < 4.78 is 74.7. The van der Waals surface area contributed by atoms with Gasteiger partial charge in [-0.05, 0) is 27.7 Å². The van der Waals surface area contributed by atoms with Gasteiger partial charge in [0.1, 0.15) is 11.6 Å². The van der Waals surface area contributed by atoms with Gasteiger partial charge < -0.3 is 14.8 Å². The molecule has 1 N–H and O–H groups in total. The first-order chi connectivity index (χ1) is 10.8. The zero-order valence-electron chi connectivity index (χ0n) is 13.1. The highest BCUT2D eigenvalue weighted by atomic mass is 19.2. The number of halogens is 5. The molecule has 1 aromatic carbocycles. The molecule has 5 nitrogen and oxygen atoms in total. The maximum Gasteiger partial charge on any atom is 0.408 e. The lowest BCUT2D eigenvalue weighted by Gasteiger charge is -2.21. The molecule has 0 saturated carbocycles. The molecule has 1 atom stereocenters. The number of alkyl carbamates (subject to hydrolysis) is 1. The Hall–Kier alpha value is -2.39. The highest BCUT2D eigenvalue weighted by molar-refractivity contribution is 5.82. The van der Waals surface area contributed by atoms with Crippen molar-refractivity contribution in [1.29, 1.82) is 0 Å². The van der Waals surface area contributed by atoms with Gasteiger partial charge in [-0.2, -0.15) is 8.78 Å². The molecule has 0 aliphatic carbocycles. The third-order valence-electron chi connectivity index (χ3n) is 2.46. The van der Waals surface area contributed by atoms with E-state index in [0.29, 0.717) is 0 Å². The highest BCUT2D eigenvalue weighted by Gasteiger charge is 2.30. The first-order valence-electron chi connectivity index (χ1n) is 6.57. The molecule has 0 aliphatic rings. The Morgan fingerprint density at radius 3 is 1.75 bits per heavy atom. The van der Waals surface area contributed by atoms with E-state index < -0.39 is 58.5 Å². The van der Waals surface area contributed by atoms with Crippen molar-refractivity contribution in [2.24, 2.45) is 0 Å². The van der Waals surface area contributed by atoms with Crippen LogP contribution in [0.1, 0.15) is 27.7 Å². The van der Waals surface area contributed by atoms with Crippen molar-refractivity contribution in [3.8, 4) is 5.75 Å². The summed E-state index contributed by atoms with van der Waals surface area (Å²) >= 11 is 0. The Morgan fingerprint density at radius 2 is 1.33 bits per heavy atom. The van der Waals surface area contributed by atoms with Crippen molar-refractivity contribution in [2.75, 3.05) is 0 Å². The molecule has 0 aliphatic heterocycles. The Morgan fingerprint density at radius 1 is 0.917 bits per heavy atom. The van der Waals surface area contributed by atoms with Crippen LogP contribution in [0.15, 0.2) is 0 Å². The summed E-state index contributed by atoms with van der Waals surface area (Å²) in [7, 11) is 0. The number of nitrogens with one attached hydrogen (secondary N) is 1. The van der Waals surface area contributed by atoms with E-state index in [9.17, 15) is 31.5 Å². The molecule has 0 saturated heterocycles. The summed E-state index contributed by atoms with van der Waals surface area (Å²) in [5.41, 5.74) is -0.880. The maximum atomic E-state index is 13.4. The Kier molecular flexibility index (Phi) is 5.75. The Bertz CT molecular complexity index is 643. The van der Waals surface area contributed by atoms with Gasteiger partial charge in [0.05, 0.1) is 0 Å². The Labute approximate surface area is 133 Å². The quantitative estimate of drug-likeness (QED) is 0.297. The van der Waals surface area contributed by atoms with Gasteiger partial charge in [0.15, 0.2) is 0 Å². The van der Waals surface area contributed by atoms with Crippen LogP contribution in [0.2, 0.25) is 0 Å². The van der Waals surface area contributed by atoms with Crippen molar-refractivity contribution in [1.82, 2.24) is 5.32 Å².